The second-order valence-electron chi connectivity index (χ2n) is 5.68. The van der Waals surface area contributed by atoms with Gasteiger partial charge >= 0.3 is 15.6 Å². The van der Waals surface area contributed by atoms with Gasteiger partial charge in [-0.25, -0.2) is 4.39 Å². The Morgan fingerprint density at radius 3 is 2.52 bits per heavy atom. The van der Waals surface area contributed by atoms with Gasteiger partial charge in [-0.15, -0.1) is 0 Å². The molecule has 0 bridgehead atoms. The largest absolute Gasteiger partial charge is 0.545 e. The fraction of sp³-hybridized carbons (Fsp3) is 0.286. The summed E-state index contributed by atoms with van der Waals surface area (Å²) in [5.41, 5.74) is -8.17. The van der Waals surface area contributed by atoms with Crippen molar-refractivity contribution >= 4 is 27.0 Å². The van der Waals surface area contributed by atoms with Gasteiger partial charge in [-0.2, -0.15) is 21.6 Å². The molecule has 0 spiro atoms. The molecule has 1 aromatic carbocycles. The predicted octanol–water partition coefficient (Wildman–Crippen LogP) is -0.144. The van der Waals surface area contributed by atoms with Crippen LogP contribution in [0.3, 0.4) is 0 Å². The SMILES string of the molecule is CN1CCc2c(OS(=O)(=O)C(F)(F)F)c(F)cc3c(=O)c(C(=O)[O-])cn1c23. The third-order valence-electron chi connectivity index (χ3n) is 4.02. The lowest BCUT2D eigenvalue weighted by Gasteiger charge is -2.31. The molecule has 1 aliphatic rings. The summed E-state index contributed by atoms with van der Waals surface area (Å²) in [5.74, 6) is -4.57. The normalized spacial score (nSPS) is 14.5. The highest BCUT2D eigenvalue weighted by Crippen LogP contribution is 2.36. The lowest BCUT2D eigenvalue weighted by atomic mass is 10.0. The number of likely N-dealkylation sites (N-methyl/N-ethyl adjacent to an activating group) is 1. The highest BCUT2D eigenvalue weighted by Gasteiger charge is 2.49. The number of benzene rings is 1. The number of carboxylic acids is 1. The van der Waals surface area contributed by atoms with Crippen molar-refractivity contribution in [1.29, 1.82) is 0 Å². The standard InChI is InChI=1S/C14H10F4N2O6S/c1-19-3-2-6-10-7(11(21)8(13(22)23)5-20(10)19)4-9(15)12(6)26-27(24,25)14(16,17)18/h4-5H,2-3H2,1H3,(H,22,23)/p-1. The van der Waals surface area contributed by atoms with E-state index in [0.717, 1.165) is 10.9 Å². The van der Waals surface area contributed by atoms with Crippen LogP contribution < -0.4 is 19.7 Å². The lowest BCUT2D eigenvalue weighted by Crippen LogP contribution is -2.40. The van der Waals surface area contributed by atoms with Crippen LogP contribution in [0.2, 0.25) is 0 Å². The zero-order chi connectivity index (χ0) is 20.3. The van der Waals surface area contributed by atoms with Crippen LogP contribution in [0.5, 0.6) is 5.75 Å². The second-order valence-corrected chi connectivity index (χ2v) is 7.22. The number of hydrogen-bond acceptors (Lipinski definition) is 7. The van der Waals surface area contributed by atoms with Crippen molar-refractivity contribution in [3.05, 3.63) is 39.4 Å². The van der Waals surface area contributed by atoms with Crippen molar-refractivity contribution in [2.45, 2.75) is 11.9 Å². The summed E-state index contributed by atoms with van der Waals surface area (Å²) in [6.45, 7) is 0.0450. The maximum absolute atomic E-state index is 14.4. The maximum Gasteiger partial charge on any atom is 0.534 e. The summed E-state index contributed by atoms with van der Waals surface area (Å²) < 4.78 is 79.8. The van der Waals surface area contributed by atoms with Crippen LogP contribution in [0.15, 0.2) is 17.1 Å². The van der Waals surface area contributed by atoms with Gasteiger partial charge in [-0.3, -0.25) is 9.47 Å². The predicted molar refractivity (Wildman–Crippen MR) is 80.8 cm³/mol. The third-order valence-corrected chi connectivity index (χ3v) is 4.98. The first kappa shape index (κ1) is 18.9. The number of carboxylic acid groups (broad SMARTS) is 1. The molecule has 0 saturated carbocycles. The smallest absolute Gasteiger partial charge is 0.534 e. The molecule has 0 radical (unpaired) electrons. The van der Waals surface area contributed by atoms with Crippen molar-refractivity contribution in [3.63, 3.8) is 0 Å². The number of hydrogen-bond donors (Lipinski definition) is 0. The molecular weight excluding hydrogens is 400 g/mol. The number of aromatic carboxylic acids is 1. The molecule has 0 unspecified atom stereocenters. The number of rotatable bonds is 3. The number of alkyl halides is 3. The molecule has 27 heavy (non-hydrogen) atoms. The van der Waals surface area contributed by atoms with E-state index in [1.54, 1.807) is 0 Å². The monoisotopic (exact) mass is 409 g/mol. The average Bonchev–Trinajstić information content (AvgIpc) is 2.53. The summed E-state index contributed by atoms with van der Waals surface area (Å²) in [6.07, 6.45) is 0.709. The Morgan fingerprint density at radius 1 is 1.33 bits per heavy atom. The van der Waals surface area contributed by atoms with E-state index in [1.807, 2.05) is 0 Å². The highest BCUT2D eigenvalue weighted by molar-refractivity contribution is 7.88. The van der Waals surface area contributed by atoms with Crippen LogP contribution in [-0.4, -0.2) is 38.2 Å². The molecule has 0 N–H and O–H groups in total. The van der Waals surface area contributed by atoms with Crippen molar-refractivity contribution in [2.75, 3.05) is 18.6 Å². The lowest BCUT2D eigenvalue weighted by molar-refractivity contribution is -0.255. The summed E-state index contributed by atoms with van der Waals surface area (Å²) >= 11 is 0. The van der Waals surface area contributed by atoms with E-state index >= 15 is 0 Å². The number of carbonyl (C=O) groups excluding carboxylic acids is 1. The van der Waals surface area contributed by atoms with Gasteiger partial charge in [-0.1, -0.05) is 0 Å². The van der Waals surface area contributed by atoms with Crippen LogP contribution in [0, 0.1) is 5.82 Å². The Hall–Kier alpha value is -2.83. The van der Waals surface area contributed by atoms with E-state index in [4.69, 9.17) is 0 Å². The fourth-order valence-electron chi connectivity index (χ4n) is 2.78. The average molecular weight is 409 g/mol. The van der Waals surface area contributed by atoms with Crippen LogP contribution in [0.1, 0.15) is 15.9 Å². The molecule has 1 aliphatic heterocycles. The Kier molecular flexibility index (Phi) is 4.10. The Morgan fingerprint density at radius 2 is 1.96 bits per heavy atom. The van der Waals surface area contributed by atoms with E-state index in [1.165, 1.54) is 12.1 Å². The zero-order valence-electron chi connectivity index (χ0n) is 13.3. The third kappa shape index (κ3) is 2.87. The number of pyridine rings is 1. The fourth-order valence-corrected chi connectivity index (χ4v) is 3.27. The van der Waals surface area contributed by atoms with Crippen LogP contribution in [0.4, 0.5) is 17.6 Å². The Balaban J connectivity index is 2.39. The Bertz CT molecular complexity index is 1140. The molecule has 13 heteroatoms. The minimum Gasteiger partial charge on any atom is -0.545 e. The topological polar surface area (TPSA) is 109 Å². The first-order valence-electron chi connectivity index (χ1n) is 7.19. The number of carbonyl (C=O) groups is 1. The van der Waals surface area contributed by atoms with Gasteiger partial charge in [0, 0.05) is 25.4 Å². The molecule has 146 valence electrons. The molecular formula is C14H9F4N2O6S-. The number of halogens is 4. The van der Waals surface area contributed by atoms with Crippen molar-refractivity contribution in [3.8, 4) is 5.75 Å². The van der Waals surface area contributed by atoms with Gasteiger partial charge in [0.2, 0.25) is 0 Å². The summed E-state index contributed by atoms with van der Waals surface area (Å²) in [5, 5.41) is 12.1. The van der Waals surface area contributed by atoms with E-state index in [-0.39, 0.29) is 24.0 Å². The van der Waals surface area contributed by atoms with E-state index in [9.17, 15) is 40.7 Å². The molecule has 0 saturated heterocycles. The maximum atomic E-state index is 14.4. The quantitative estimate of drug-likeness (QED) is 0.394. The van der Waals surface area contributed by atoms with E-state index in [2.05, 4.69) is 4.18 Å². The Labute approximate surface area is 148 Å². The molecule has 0 amide bonds. The van der Waals surface area contributed by atoms with Crippen LogP contribution >= 0.6 is 0 Å². The van der Waals surface area contributed by atoms with Gasteiger partial charge in [-0.05, 0) is 12.5 Å². The summed E-state index contributed by atoms with van der Waals surface area (Å²) in [6, 6.07) is 0.435. The molecule has 0 atom stereocenters. The second kappa shape index (κ2) is 5.84. The van der Waals surface area contributed by atoms with Crippen molar-refractivity contribution < 1.29 is 40.1 Å². The van der Waals surface area contributed by atoms with Gasteiger partial charge < -0.3 is 19.1 Å². The van der Waals surface area contributed by atoms with Gasteiger partial charge in [0.1, 0.15) is 0 Å². The van der Waals surface area contributed by atoms with Crippen molar-refractivity contribution in [1.82, 2.24) is 4.68 Å². The molecule has 3 rings (SSSR count). The molecule has 0 aliphatic carbocycles. The summed E-state index contributed by atoms with van der Waals surface area (Å²) in [7, 11) is -4.68. The number of nitrogens with zero attached hydrogens (tertiary/aromatic N) is 2. The first-order chi connectivity index (χ1) is 12.3. The molecule has 0 fully saturated rings. The van der Waals surface area contributed by atoms with Gasteiger partial charge in [0.15, 0.2) is 17.0 Å². The number of aromatic nitrogens is 1. The van der Waals surface area contributed by atoms with E-state index in [0.29, 0.717) is 6.07 Å². The zero-order valence-corrected chi connectivity index (χ0v) is 14.1. The minimum absolute atomic E-state index is 0.0450. The molecule has 2 aromatic rings. The molecule has 2 heterocycles. The van der Waals surface area contributed by atoms with Crippen LogP contribution in [0.25, 0.3) is 10.9 Å². The van der Waals surface area contributed by atoms with Gasteiger partial charge in [0.25, 0.3) is 0 Å². The molecule has 8 nitrogen and oxygen atoms in total. The van der Waals surface area contributed by atoms with E-state index < -0.39 is 49.5 Å². The van der Waals surface area contributed by atoms with Gasteiger partial charge in [0.05, 0.1) is 22.4 Å². The minimum atomic E-state index is -6.15. The first-order valence-corrected chi connectivity index (χ1v) is 8.60. The molecule has 1 aromatic heterocycles. The van der Waals surface area contributed by atoms with Crippen LogP contribution in [-0.2, 0) is 16.5 Å². The van der Waals surface area contributed by atoms with Crippen molar-refractivity contribution in [2.24, 2.45) is 0 Å². The summed E-state index contributed by atoms with van der Waals surface area (Å²) in [4.78, 5) is 23.4. The highest BCUT2D eigenvalue weighted by atomic mass is 32.2.